The number of methoxy groups -OCH3 is 1. The van der Waals surface area contributed by atoms with Crippen molar-refractivity contribution in [3.05, 3.63) is 64.7 Å². The molecule has 13 heteroatoms. The fourth-order valence-electron chi connectivity index (χ4n) is 8.61. The maximum atomic E-state index is 13.9. The number of benzene rings is 2. The van der Waals surface area contributed by atoms with E-state index in [0.717, 1.165) is 37.0 Å². The Bertz CT molecular complexity index is 1800. The largest absolute Gasteiger partial charge is 0.490 e. The van der Waals surface area contributed by atoms with E-state index in [2.05, 4.69) is 15.7 Å². The van der Waals surface area contributed by atoms with Crippen LogP contribution in [0.4, 0.5) is 14.5 Å². The van der Waals surface area contributed by atoms with E-state index in [9.17, 15) is 26.8 Å². The molecule has 1 spiro atoms. The quantitative estimate of drug-likeness (QED) is 0.402. The molecule has 7 rings (SSSR count). The zero-order valence-electron chi connectivity index (χ0n) is 28.4. The highest BCUT2D eigenvalue weighted by Gasteiger charge is 2.48. The van der Waals surface area contributed by atoms with Crippen LogP contribution in [0.5, 0.6) is 5.75 Å². The lowest BCUT2D eigenvalue weighted by Crippen LogP contribution is -2.59. The number of allylic oxidation sites excluding steroid dienone is 1. The maximum absolute atomic E-state index is 13.9. The summed E-state index contributed by atoms with van der Waals surface area (Å²) in [5, 5.41) is 0.694. The number of rotatable bonds is 3. The van der Waals surface area contributed by atoms with Crippen LogP contribution in [0.2, 0.25) is 5.02 Å². The lowest BCUT2D eigenvalue weighted by Gasteiger charge is -2.46. The van der Waals surface area contributed by atoms with Gasteiger partial charge in [-0.25, -0.2) is 21.9 Å². The van der Waals surface area contributed by atoms with Crippen molar-refractivity contribution >= 4 is 39.1 Å². The molecule has 1 saturated heterocycles. The number of fused-ring (bicyclic) bond motifs is 4. The third-order valence-electron chi connectivity index (χ3n) is 11.6. The SMILES string of the molecule is CO[C@@H]1C=CC[C@H](C)[C@@H](CC(=O)N2CC(F)(F)C2)C(=O)NS(=O)(=O)c2ccc3c(c2)N(C[C@@H]2CC[C@H]21)C[C@@]1(CCCc2cc(Cl)ccc21)CO3. The second-order valence-electron chi connectivity index (χ2n) is 15.0. The highest BCUT2D eigenvalue weighted by Crippen LogP contribution is 2.47. The van der Waals surface area contributed by atoms with Crippen molar-refractivity contribution in [1.82, 2.24) is 9.62 Å². The molecule has 1 N–H and O–H groups in total. The first kappa shape index (κ1) is 35.2. The summed E-state index contributed by atoms with van der Waals surface area (Å²) in [7, 11) is -2.69. The van der Waals surface area contributed by atoms with Gasteiger partial charge in [0.25, 0.3) is 15.9 Å². The van der Waals surface area contributed by atoms with E-state index in [1.807, 2.05) is 24.3 Å². The molecule has 50 heavy (non-hydrogen) atoms. The molecular weight excluding hydrogens is 688 g/mol. The summed E-state index contributed by atoms with van der Waals surface area (Å²) in [4.78, 5) is 29.9. The summed E-state index contributed by atoms with van der Waals surface area (Å²) in [5.41, 5.74) is 2.70. The van der Waals surface area contributed by atoms with E-state index in [1.165, 1.54) is 17.2 Å². The Morgan fingerprint density at radius 2 is 1.94 bits per heavy atom. The van der Waals surface area contributed by atoms with Crippen LogP contribution in [0, 0.1) is 23.7 Å². The molecular formula is C37H44ClF2N3O6S. The van der Waals surface area contributed by atoms with Gasteiger partial charge in [-0.05, 0) is 97.7 Å². The lowest BCUT2D eigenvalue weighted by atomic mass is 9.68. The summed E-state index contributed by atoms with van der Waals surface area (Å²) >= 11 is 6.41. The zero-order valence-corrected chi connectivity index (χ0v) is 29.9. The molecule has 5 aliphatic rings. The summed E-state index contributed by atoms with van der Waals surface area (Å²) in [5.74, 6) is -4.88. The van der Waals surface area contributed by atoms with Crippen molar-refractivity contribution in [2.45, 2.75) is 74.2 Å². The van der Waals surface area contributed by atoms with E-state index < -0.39 is 52.7 Å². The van der Waals surface area contributed by atoms with Gasteiger partial charge in [0.2, 0.25) is 11.8 Å². The Hall–Kier alpha value is -3.22. The van der Waals surface area contributed by atoms with E-state index in [0.29, 0.717) is 42.6 Å². The van der Waals surface area contributed by atoms with Crippen LogP contribution in [0.1, 0.15) is 56.6 Å². The minimum Gasteiger partial charge on any atom is -0.490 e. The first-order valence-corrected chi connectivity index (χ1v) is 19.4. The summed E-state index contributed by atoms with van der Waals surface area (Å²) in [6, 6.07) is 10.7. The van der Waals surface area contributed by atoms with Crippen molar-refractivity contribution in [3.63, 3.8) is 0 Å². The van der Waals surface area contributed by atoms with Crippen LogP contribution in [0.3, 0.4) is 0 Å². The minimum atomic E-state index is -4.38. The molecule has 2 bridgehead atoms. The molecule has 6 atom stereocenters. The van der Waals surface area contributed by atoms with Crippen molar-refractivity contribution in [3.8, 4) is 5.75 Å². The number of hydrogen-bond acceptors (Lipinski definition) is 7. The van der Waals surface area contributed by atoms with Gasteiger partial charge in [-0.2, -0.15) is 0 Å². The number of anilines is 1. The number of nitrogens with zero attached hydrogens (tertiary/aromatic N) is 2. The van der Waals surface area contributed by atoms with Crippen LogP contribution < -0.4 is 14.4 Å². The monoisotopic (exact) mass is 731 g/mol. The Morgan fingerprint density at radius 1 is 1.14 bits per heavy atom. The Labute approximate surface area is 297 Å². The standard InChI is InChI=1S/C37H44ClF2N3O6S/c1-23-5-3-7-32(48-2)28-11-8-25(28)18-42-19-36(14-4-6-24-15-26(38)9-12-30(24)36)22-49-33-13-10-27(16-31(33)42)50(46,47)41-35(45)29(23)17-34(44)43-20-37(39,40)21-43/h3,7,9-10,12-13,15-16,23,25,28-29,32H,4-6,8,11,14,17-22H2,1-2H3,(H,41,45)/t23-,25-,28+,29+,32+,36-/m0/s1. The highest BCUT2D eigenvalue weighted by molar-refractivity contribution is 7.90. The Kier molecular flexibility index (Phi) is 9.43. The van der Waals surface area contributed by atoms with Gasteiger partial charge in [-0.15, -0.1) is 0 Å². The number of alkyl halides is 2. The molecule has 2 aliphatic carbocycles. The Morgan fingerprint density at radius 3 is 2.66 bits per heavy atom. The van der Waals surface area contributed by atoms with E-state index in [4.69, 9.17) is 21.1 Å². The van der Waals surface area contributed by atoms with Crippen molar-refractivity contribution < 1.29 is 36.3 Å². The summed E-state index contributed by atoms with van der Waals surface area (Å²) in [6.07, 6.45) is 8.50. The molecule has 2 aromatic rings. The van der Waals surface area contributed by atoms with Gasteiger partial charge < -0.3 is 19.3 Å². The maximum Gasteiger partial charge on any atom is 0.282 e. The predicted molar refractivity (Wildman–Crippen MR) is 185 cm³/mol. The number of halogens is 3. The Balaban J connectivity index is 1.26. The fraction of sp³-hybridized carbons (Fsp3) is 0.568. The molecule has 3 aliphatic heterocycles. The summed E-state index contributed by atoms with van der Waals surface area (Å²) < 4.78 is 69.6. The number of carbonyl (C=O) groups is 2. The van der Waals surface area contributed by atoms with Crippen molar-refractivity contribution in [2.75, 3.05) is 44.8 Å². The number of sulfonamides is 1. The van der Waals surface area contributed by atoms with Gasteiger partial charge in [0.1, 0.15) is 5.75 Å². The molecule has 0 unspecified atom stereocenters. The molecule has 1 saturated carbocycles. The number of nitrogens with one attached hydrogen (secondary N) is 1. The number of hydrogen-bond donors (Lipinski definition) is 1. The van der Waals surface area contributed by atoms with E-state index in [1.54, 1.807) is 26.2 Å². The van der Waals surface area contributed by atoms with Gasteiger partial charge in [0, 0.05) is 37.1 Å². The van der Waals surface area contributed by atoms with Crippen LogP contribution in [0.15, 0.2) is 53.4 Å². The molecule has 0 aromatic heterocycles. The normalized spacial score (nSPS) is 31.6. The number of carbonyl (C=O) groups excluding carboxylic acids is 2. The van der Waals surface area contributed by atoms with Gasteiger partial charge in [0.15, 0.2) is 0 Å². The topological polar surface area (TPSA) is 105 Å². The van der Waals surface area contributed by atoms with Crippen molar-refractivity contribution in [2.24, 2.45) is 23.7 Å². The first-order chi connectivity index (χ1) is 23.8. The smallest absolute Gasteiger partial charge is 0.282 e. The van der Waals surface area contributed by atoms with Gasteiger partial charge in [-0.3, -0.25) is 9.59 Å². The number of aryl methyl sites for hydroxylation is 1. The molecule has 2 fully saturated rings. The first-order valence-electron chi connectivity index (χ1n) is 17.5. The van der Waals surface area contributed by atoms with Crippen molar-refractivity contribution in [1.29, 1.82) is 0 Å². The lowest BCUT2D eigenvalue weighted by molar-refractivity contribution is -0.167. The van der Waals surface area contributed by atoms with Gasteiger partial charge >= 0.3 is 0 Å². The van der Waals surface area contributed by atoms with E-state index in [-0.39, 0.29) is 34.7 Å². The third-order valence-corrected chi connectivity index (χ3v) is 13.2. The minimum absolute atomic E-state index is 0.1000. The molecule has 2 aromatic carbocycles. The predicted octanol–water partition coefficient (Wildman–Crippen LogP) is 5.74. The number of amides is 2. The second kappa shape index (κ2) is 13.4. The molecule has 270 valence electrons. The van der Waals surface area contributed by atoms with Crippen LogP contribution >= 0.6 is 11.6 Å². The van der Waals surface area contributed by atoms with Crippen LogP contribution in [-0.4, -0.2) is 77.1 Å². The van der Waals surface area contributed by atoms with Gasteiger partial charge in [0.05, 0.1) is 42.3 Å². The molecule has 2 amide bonds. The fourth-order valence-corrected chi connectivity index (χ4v) is 9.85. The number of ether oxygens (including phenoxy) is 2. The second-order valence-corrected chi connectivity index (χ2v) is 17.1. The van der Waals surface area contributed by atoms with E-state index >= 15 is 0 Å². The van der Waals surface area contributed by atoms with Gasteiger partial charge in [-0.1, -0.05) is 36.7 Å². The summed E-state index contributed by atoms with van der Waals surface area (Å²) in [6.45, 7) is 2.05. The van der Waals surface area contributed by atoms with Crippen LogP contribution in [-0.2, 0) is 36.2 Å². The third kappa shape index (κ3) is 6.75. The van der Waals surface area contributed by atoms with Crippen LogP contribution in [0.25, 0.3) is 0 Å². The molecule has 9 nitrogen and oxygen atoms in total. The molecule has 3 heterocycles. The highest BCUT2D eigenvalue weighted by atomic mass is 35.5. The number of likely N-dealkylation sites (tertiary alicyclic amines) is 1. The average Bonchev–Trinajstić information content (AvgIpc) is 3.19. The molecule has 0 radical (unpaired) electrons. The average molecular weight is 732 g/mol. The zero-order chi connectivity index (χ0) is 35.4.